The molecule has 0 amide bonds. The average molecular weight is 460 g/mol. The van der Waals surface area contributed by atoms with Gasteiger partial charge in [-0.05, 0) is 43.3 Å². The summed E-state index contributed by atoms with van der Waals surface area (Å²) in [5.74, 6) is 0.282. The Morgan fingerprint density at radius 3 is 2.34 bits per heavy atom. The summed E-state index contributed by atoms with van der Waals surface area (Å²) in [5, 5.41) is 4.94. The van der Waals surface area contributed by atoms with Gasteiger partial charge in [0.1, 0.15) is 5.75 Å². The number of aryl methyl sites for hydroxylation is 1. The van der Waals surface area contributed by atoms with E-state index in [1.54, 1.807) is 48.5 Å². The zero-order valence-corrected chi connectivity index (χ0v) is 19.0. The van der Waals surface area contributed by atoms with E-state index in [0.717, 1.165) is 11.1 Å². The fourth-order valence-electron chi connectivity index (χ4n) is 3.65. The lowest BCUT2D eigenvalue weighted by Gasteiger charge is -2.10. The Morgan fingerprint density at radius 1 is 0.857 bits per heavy atom. The van der Waals surface area contributed by atoms with Gasteiger partial charge in [0, 0.05) is 11.1 Å². The second-order valence-electron chi connectivity index (χ2n) is 7.97. The van der Waals surface area contributed by atoms with Crippen molar-refractivity contribution in [1.82, 2.24) is 9.66 Å². The van der Waals surface area contributed by atoms with Gasteiger partial charge < -0.3 is 4.74 Å². The number of nitrogens with zero attached hydrogens (tertiary/aromatic N) is 3. The Kier molecular flexibility index (Phi) is 6.01. The van der Waals surface area contributed by atoms with E-state index in [9.17, 15) is 9.59 Å². The Bertz CT molecular complexity index is 1600. The standard InChI is InChI=1S/C29H21N3O3/c1-20-15-17-22(18-16-20)29(34)35-26-14-8-5-11-23(26)19-30-32-27(21-9-3-2-4-10-21)31-25-13-7-6-12-24(25)28(32)33/h2-19H,1H3. The minimum atomic E-state index is -0.472. The normalized spacial score (nSPS) is 11.1. The molecular formula is C29H21N3O3. The van der Waals surface area contributed by atoms with Crippen LogP contribution >= 0.6 is 0 Å². The van der Waals surface area contributed by atoms with Crippen LogP contribution in [-0.4, -0.2) is 21.8 Å². The number of hydrogen-bond donors (Lipinski definition) is 0. The highest BCUT2D eigenvalue weighted by molar-refractivity contribution is 5.93. The van der Waals surface area contributed by atoms with E-state index in [0.29, 0.717) is 33.6 Å². The molecule has 1 aromatic heterocycles. The molecule has 0 bridgehead atoms. The molecule has 0 saturated carbocycles. The molecule has 0 aliphatic rings. The Morgan fingerprint density at radius 2 is 1.54 bits per heavy atom. The summed E-state index contributed by atoms with van der Waals surface area (Å²) in [5.41, 5.74) is 3.11. The molecule has 0 spiro atoms. The van der Waals surface area contributed by atoms with Gasteiger partial charge in [-0.15, -0.1) is 0 Å². The maximum atomic E-state index is 13.3. The van der Waals surface area contributed by atoms with E-state index < -0.39 is 5.97 Å². The van der Waals surface area contributed by atoms with Crippen molar-refractivity contribution in [3.05, 3.63) is 130 Å². The Balaban J connectivity index is 1.55. The van der Waals surface area contributed by atoms with Gasteiger partial charge in [0.15, 0.2) is 5.82 Å². The van der Waals surface area contributed by atoms with Crippen LogP contribution in [-0.2, 0) is 0 Å². The first-order valence-corrected chi connectivity index (χ1v) is 11.1. The molecule has 170 valence electrons. The fraction of sp³-hybridized carbons (Fsp3) is 0.0345. The smallest absolute Gasteiger partial charge is 0.343 e. The van der Waals surface area contributed by atoms with Gasteiger partial charge in [-0.25, -0.2) is 9.78 Å². The molecule has 0 saturated heterocycles. The molecule has 6 nitrogen and oxygen atoms in total. The Hall–Kier alpha value is -4.84. The third-order valence-electron chi connectivity index (χ3n) is 5.51. The second-order valence-corrected chi connectivity index (χ2v) is 7.97. The molecule has 35 heavy (non-hydrogen) atoms. The molecular weight excluding hydrogens is 438 g/mol. The predicted octanol–water partition coefficient (Wildman–Crippen LogP) is 5.47. The van der Waals surface area contributed by atoms with Crippen molar-refractivity contribution < 1.29 is 9.53 Å². The molecule has 5 aromatic rings. The van der Waals surface area contributed by atoms with Crippen molar-refractivity contribution in [2.24, 2.45) is 5.10 Å². The van der Waals surface area contributed by atoms with Crippen LogP contribution in [0.2, 0.25) is 0 Å². The van der Waals surface area contributed by atoms with E-state index in [4.69, 9.17) is 9.72 Å². The molecule has 0 aliphatic heterocycles. The number of aromatic nitrogens is 2. The minimum Gasteiger partial charge on any atom is -0.422 e. The van der Waals surface area contributed by atoms with Crippen molar-refractivity contribution in [1.29, 1.82) is 0 Å². The van der Waals surface area contributed by atoms with E-state index in [1.807, 2.05) is 61.5 Å². The highest BCUT2D eigenvalue weighted by Gasteiger charge is 2.13. The van der Waals surface area contributed by atoms with Crippen molar-refractivity contribution in [2.45, 2.75) is 6.92 Å². The van der Waals surface area contributed by atoms with Crippen LogP contribution in [0.3, 0.4) is 0 Å². The van der Waals surface area contributed by atoms with E-state index in [-0.39, 0.29) is 5.56 Å². The van der Waals surface area contributed by atoms with Gasteiger partial charge in [0.2, 0.25) is 0 Å². The van der Waals surface area contributed by atoms with Crippen LogP contribution in [0.25, 0.3) is 22.3 Å². The number of rotatable bonds is 5. The summed E-state index contributed by atoms with van der Waals surface area (Å²) in [7, 11) is 0. The summed E-state index contributed by atoms with van der Waals surface area (Å²) in [6.45, 7) is 1.95. The monoisotopic (exact) mass is 459 g/mol. The number of benzene rings is 4. The molecule has 5 rings (SSSR count). The zero-order valence-electron chi connectivity index (χ0n) is 19.0. The SMILES string of the molecule is Cc1ccc(C(=O)Oc2ccccc2C=Nn2c(-c3ccccc3)nc3ccccc3c2=O)cc1. The van der Waals surface area contributed by atoms with Crippen molar-refractivity contribution in [3.63, 3.8) is 0 Å². The first-order valence-electron chi connectivity index (χ1n) is 11.1. The van der Waals surface area contributed by atoms with Crippen LogP contribution in [0.15, 0.2) is 113 Å². The maximum Gasteiger partial charge on any atom is 0.343 e. The lowest BCUT2D eigenvalue weighted by Crippen LogP contribution is -2.20. The first kappa shape index (κ1) is 22.0. The van der Waals surface area contributed by atoms with Gasteiger partial charge >= 0.3 is 5.97 Å². The van der Waals surface area contributed by atoms with Gasteiger partial charge in [0.05, 0.1) is 22.7 Å². The lowest BCUT2D eigenvalue weighted by atomic mass is 10.1. The van der Waals surface area contributed by atoms with Crippen LogP contribution in [0.4, 0.5) is 0 Å². The Labute approximate surface area is 201 Å². The van der Waals surface area contributed by atoms with E-state index in [1.165, 1.54) is 10.9 Å². The molecule has 0 unspecified atom stereocenters. The number of ether oxygens (including phenoxy) is 1. The number of esters is 1. The third kappa shape index (κ3) is 4.63. The second kappa shape index (κ2) is 9.57. The van der Waals surface area contributed by atoms with Crippen LogP contribution in [0.1, 0.15) is 21.5 Å². The largest absolute Gasteiger partial charge is 0.422 e. The summed E-state index contributed by atoms with van der Waals surface area (Å²) < 4.78 is 6.92. The molecule has 1 heterocycles. The third-order valence-corrected chi connectivity index (χ3v) is 5.51. The van der Waals surface area contributed by atoms with Gasteiger partial charge in [-0.3, -0.25) is 4.79 Å². The number of para-hydroxylation sites is 2. The van der Waals surface area contributed by atoms with Crippen molar-refractivity contribution >= 4 is 23.1 Å². The molecule has 0 aliphatic carbocycles. The minimum absolute atomic E-state index is 0.292. The molecule has 0 N–H and O–H groups in total. The molecule has 0 fully saturated rings. The number of carbonyl (C=O) groups is 1. The van der Waals surface area contributed by atoms with Gasteiger partial charge in [-0.2, -0.15) is 9.78 Å². The quantitative estimate of drug-likeness (QED) is 0.198. The van der Waals surface area contributed by atoms with Crippen molar-refractivity contribution in [3.8, 4) is 17.1 Å². The molecule has 0 atom stereocenters. The van der Waals surface area contributed by atoms with Gasteiger partial charge in [0.25, 0.3) is 5.56 Å². The summed E-state index contributed by atoms with van der Waals surface area (Å²) in [4.78, 5) is 30.7. The average Bonchev–Trinajstić information content (AvgIpc) is 2.90. The fourth-order valence-corrected chi connectivity index (χ4v) is 3.65. The van der Waals surface area contributed by atoms with E-state index in [2.05, 4.69) is 5.10 Å². The van der Waals surface area contributed by atoms with Gasteiger partial charge in [-0.1, -0.05) is 72.3 Å². The number of hydrogen-bond acceptors (Lipinski definition) is 5. The van der Waals surface area contributed by atoms with Crippen LogP contribution in [0.5, 0.6) is 5.75 Å². The highest BCUT2D eigenvalue weighted by Crippen LogP contribution is 2.21. The molecule has 4 aromatic carbocycles. The maximum absolute atomic E-state index is 13.3. The first-order chi connectivity index (χ1) is 17.1. The molecule has 6 heteroatoms. The zero-order chi connectivity index (χ0) is 24.2. The van der Waals surface area contributed by atoms with E-state index >= 15 is 0 Å². The van der Waals surface area contributed by atoms with Crippen molar-refractivity contribution in [2.75, 3.05) is 0 Å². The lowest BCUT2D eigenvalue weighted by molar-refractivity contribution is 0.0734. The summed E-state index contributed by atoms with van der Waals surface area (Å²) in [6.07, 6.45) is 1.50. The molecule has 0 radical (unpaired) electrons. The number of fused-ring (bicyclic) bond motifs is 1. The predicted molar refractivity (Wildman–Crippen MR) is 137 cm³/mol. The highest BCUT2D eigenvalue weighted by atomic mass is 16.5. The van der Waals surface area contributed by atoms with Crippen LogP contribution < -0.4 is 10.3 Å². The summed E-state index contributed by atoms with van der Waals surface area (Å²) in [6, 6.07) is 30.8. The van der Waals surface area contributed by atoms with Crippen LogP contribution in [0, 0.1) is 6.92 Å². The topological polar surface area (TPSA) is 73.5 Å². The number of carbonyl (C=O) groups excluding carboxylic acids is 1. The summed E-state index contributed by atoms with van der Waals surface area (Å²) >= 11 is 0.